The van der Waals surface area contributed by atoms with Crippen molar-refractivity contribution in [3.05, 3.63) is 53.3 Å². The summed E-state index contributed by atoms with van der Waals surface area (Å²) in [5.41, 5.74) is 2.97. The summed E-state index contributed by atoms with van der Waals surface area (Å²) in [5, 5.41) is 7.24. The Balaban J connectivity index is 1.96. The quantitative estimate of drug-likeness (QED) is 0.912. The van der Waals surface area contributed by atoms with E-state index in [1.54, 1.807) is 4.68 Å². The van der Waals surface area contributed by atoms with Gasteiger partial charge in [-0.15, -0.1) is 0 Å². The lowest BCUT2D eigenvalue weighted by molar-refractivity contribution is -0.121. The van der Waals surface area contributed by atoms with Gasteiger partial charge in [-0.05, 0) is 25.5 Å². The number of aromatic nitrogens is 2. The first kappa shape index (κ1) is 13.3. The number of amides is 1. The maximum Gasteiger partial charge on any atom is 0.226 e. The molecule has 0 saturated carbocycles. The number of aryl methyl sites for hydroxylation is 2. The lowest BCUT2D eigenvalue weighted by atomic mass is 10.1. The van der Waals surface area contributed by atoms with Crippen molar-refractivity contribution >= 4 is 5.91 Å². The molecule has 0 spiro atoms. The molecule has 0 aliphatic rings. The van der Waals surface area contributed by atoms with E-state index in [1.807, 2.05) is 57.3 Å². The van der Waals surface area contributed by atoms with E-state index in [0.29, 0.717) is 6.42 Å². The van der Waals surface area contributed by atoms with Gasteiger partial charge < -0.3 is 5.32 Å². The van der Waals surface area contributed by atoms with Crippen LogP contribution in [0, 0.1) is 6.92 Å². The lowest BCUT2D eigenvalue weighted by Crippen LogP contribution is -2.28. The van der Waals surface area contributed by atoms with Crippen LogP contribution in [-0.2, 0) is 18.3 Å². The summed E-state index contributed by atoms with van der Waals surface area (Å²) in [5.74, 6) is 0.0133. The molecule has 19 heavy (non-hydrogen) atoms. The maximum absolute atomic E-state index is 12.0. The topological polar surface area (TPSA) is 46.9 Å². The first-order valence-corrected chi connectivity index (χ1v) is 6.40. The van der Waals surface area contributed by atoms with Crippen LogP contribution in [0.25, 0.3) is 0 Å². The van der Waals surface area contributed by atoms with E-state index < -0.39 is 0 Å². The second kappa shape index (κ2) is 5.69. The van der Waals surface area contributed by atoms with E-state index in [1.165, 1.54) is 0 Å². The number of benzene rings is 1. The smallest absolute Gasteiger partial charge is 0.226 e. The molecule has 0 radical (unpaired) electrons. The van der Waals surface area contributed by atoms with E-state index in [9.17, 15) is 4.79 Å². The normalized spacial score (nSPS) is 12.2. The Morgan fingerprint density at radius 3 is 2.63 bits per heavy atom. The summed E-state index contributed by atoms with van der Waals surface area (Å²) in [6.45, 7) is 3.91. The predicted octanol–water partition coefficient (Wildman–Crippen LogP) is 2.15. The summed E-state index contributed by atoms with van der Waals surface area (Å²) in [6, 6.07) is 11.9. The molecule has 2 aromatic rings. The summed E-state index contributed by atoms with van der Waals surface area (Å²) in [4.78, 5) is 12.0. The van der Waals surface area contributed by atoms with E-state index in [4.69, 9.17) is 0 Å². The van der Waals surface area contributed by atoms with Crippen molar-refractivity contribution in [2.75, 3.05) is 0 Å². The average Bonchev–Trinajstić information content (AvgIpc) is 2.68. The summed E-state index contributed by atoms with van der Waals surface area (Å²) in [6.07, 6.45) is 0.356. The highest BCUT2D eigenvalue weighted by Crippen LogP contribution is 2.11. The minimum absolute atomic E-state index is 0.0133. The number of carbonyl (C=O) groups excluding carboxylic acids is 1. The number of hydrogen-bond acceptors (Lipinski definition) is 2. The van der Waals surface area contributed by atoms with Crippen molar-refractivity contribution in [1.29, 1.82) is 0 Å². The van der Waals surface area contributed by atoms with Crippen LogP contribution in [0.3, 0.4) is 0 Å². The zero-order chi connectivity index (χ0) is 13.8. The minimum atomic E-state index is 0.0133. The Labute approximate surface area is 113 Å². The predicted molar refractivity (Wildman–Crippen MR) is 74.6 cm³/mol. The molecule has 1 atom stereocenters. The van der Waals surface area contributed by atoms with Gasteiger partial charge in [0.2, 0.25) is 5.91 Å². The highest BCUT2D eigenvalue weighted by Gasteiger charge is 2.12. The van der Waals surface area contributed by atoms with Crippen LogP contribution in [0.2, 0.25) is 0 Å². The van der Waals surface area contributed by atoms with Crippen LogP contribution < -0.4 is 5.32 Å². The average molecular weight is 257 g/mol. The van der Waals surface area contributed by atoms with Crippen molar-refractivity contribution in [2.45, 2.75) is 26.3 Å². The fourth-order valence-corrected chi connectivity index (χ4v) is 2.11. The highest BCUT2D eigenvalue weighted by atomic mass is 16.1. The Kier molecular flexibility index (Phi) is 4.00. The fraction of sp³-hybridized carbons (Fsp3) is 0.333. The third-order valence-electron chi connectivity index (χ3n) is 3.12. The Hall–Kier alpha value is -2.10. The number of nitrogens with one attached hydrogen (secondary N) is 1. The van der Waals surface area contributed by atoms with Gasteiger partial charge in [-0.1, -0.05) is 30.3 Å². The van der Waals surface area contributed by atoms with E-state index >= 15 is 0 Å². The van der Waals surface area contributed by atoms with Gasteiger partial charge in [-0.25, -0.2) is 0 Å². The van der Waals surface area contributed by atoms with Gasteiger partial charge in [0.25, 0.3) is 0 Å². The molecular weight excluding hydrogens is 238 g/mol. The van der Waals surface area contributed by atoms with Crippen LogP contribution in [0.15, 0.2) is 36.4 Å². The molecule has 4 heteroatoms. The first-order valence-electron chi connectivity index (χ1n) is 6.40. The van der Waals surface area contributed by atoms with Crippen molar-refractivity contribution < 1.29 is 4.79 Å². The Bertz CT molecular complexity index is 560. The molecule has 0 fully saturated rings. The molecular formula is C15H19N3O. The SMILES string of the molecule is Cc1cc(CC(=O)NC(C)c2ccccc2)n(C)n1. The molecule has 2 rings (SSSR count). The number of carbonyl (C=O) groups is 1. The molecule has 1 aromatic carbocycles. The summed E-state index contributed by atoms with van der Waals surface area (Å²) in [7, 11) is 1.86. The fourth-order valence-electron chi connectivity index (χ4n) is 2.11. The molecule has 0 saturated heterocycles. The van der Waals surface area contributed by atoms with Crippen molar-refractivity contribution in [1.82, 2.24) is 15.1 Å². The van der Waals surface area contributed by atoms with Crippen LogP contribution in [0.1, 0.15) is 29.9 Å². The first-order chi connectivity index (χ1) is 9.06. The monoisotopic (exact) mass is 257 g/mol. The van der Waals surface area contributed by atoms with Gasteiger partial charge in [-0.3, -0.25) is 9.48 Å². The molecule has 1 heterocycles. The zero-order valence-corrected chi connectivity index (χ0v) is 11.6. The van der Waals surface area contributed by atoms with Gasteiger partial charge in [0.05, 0.1) is 18.2 Å². The van der Waals surface area contributed by atoms with Gasteiger partial charge in [-0.2, -0.15) is 5.10 Å². The largest absolute Gasteiger partial charge is 0.349 e. The van der Waals surface area contributed by atoms with Gasteiger partial charge in [0.1, 0.15) is 0 Å². The Morgan fingerprint density at radius 2 is 2.05 bits per heavy atom. The minimum Gasteiger partial charge on any atom is -0.349 e. The molecule has 4 nitrogen and oxygen atoms in total. The molecule has 1 N–H and O–H groups in total. The molecule has 0 aliphatic heterocycles. The Morgan fingerprint density at radius 1 is 1.37 bits per heavy atom. The molecule has 0 aliphatic carbocycles. The van der Waals surface area contributed by atoms with Crippen molar-refractivity contribution in [3.63, 3.8) is 0 Å². The van der Waals surface area contributed by atoms with Crippen LogP contribution in [0.4, 0.5) is 0 Å². The standard InChI is InChI=1S/C15H19N3O/c1-11-9-14(18(3)17-11)10-15(19)16-12(2)13-7-5-4-6-8-13/h4-9,12H,10H2,1-3H3,(H,16,19). The lowest BCUT2D eigenvalue weighted by Gasteiger charge is -2.14. The molecule has 0 bridgehead atoms. The van der Waals surface area contributed by atoms with Crippen molar-refractivity contribution in [3.8, 4) is 0 Å². The third-order valence-corrected chi connectivity index (χ3v) is 3.12. The van der Waals surface area contributed by atoms with E-state index in [-0.39, 0.29) is 11.9 Å². The van der Waals surface area contributed by atoms with Crippen molar-refractivity contribution in [2.24, 2.45) is 7.05 Å². The highest BCUT2D eigenvalue weighted by molar-refractivity contribution is 5.78. The summed E-state index contributed by atoms with van der Waals surface area (Å²) < 4.78 is 1.75. The summed E-state index contributed by atoms with van der Waals surface area (Å²) >= 11 is 0. The zero-order valence-electron chi connectivity index (χ0n) is 11.6. The number of hydrogen-bond donors (Lipinski definition) is 1. The van der Waals surface area contributed by atoms with Crippen LogP contribution in [-0.4, -0.2) is 15.7 Å². The van der Waals surface area contributed by atoms with E-state index in [0.717, 1.165) is 17.0 Å². The van der Waals surface area contributed by atoms with Crippen LogP contribution >= 0.6 is 0 Å². The van der Waals surface area contributed by atoms with Gasteiger partial charge >= 0.3 is 0 Å². The third kappa shape index (κ3) is 3.44. The maximum atomic E-state index is 12.0. The van der Waals surface area contributed by atoms with Gasteiger partial charge in [0, 0.05) is 12.7 Å². The second-order valence-electron chi connectivity index (χ2n) is 4.78. The van der Waals surface area contributed by atoms with Crippen LogP contribution in [0.5, 0.6) is 0 Å². The molecule has 1 unspecified atom stereocenters. The second-order valence-corrected chi connectivity index (χ2v) is 4.78. The van der Waals surface area contributed by atoms with E-state index in [2.05, 4.69) is 10.4 Å². The molecule has 1 amide bonds. The van der Waals surface area contributed by atoms with Gasteiger partial charge in [0.15, 0.2) is 0 Å². The number of rotatable bonds is 4. The number of nitrogens with zero attached hydrogens (tertiary/aromatic N) is 2. The molecule has 100 valence electrons. The molecule has 1 aromatic heterocycles.